The number of benzene rings is 1. The molecule has 3 heterocycles. The second kappa shape index (κ2) is 9.12. The normalized spacial score (nSPS) is 15.6. The average molecular weight is 418 g/mol. The van der Waals surface area contributed by atoms with Crippen molar-refractivity contribution in [1.29, 1.82) is 0 Å². The first-order chi connectivity index (χ1) is 15.0. The number of hydrogen-bond acceptors (Lipinski definition) is 4. The van der Waals surface area contributed by atoms with E-state index in [1.54, 1.807) is 22.0 Å². The molecule has 1 aromatic carbocycles. The van der Waals surface area contributed by atoms with Crippen LogP contribution in [0.4, 0.5) is 0 Å². The zero-order chi connectivity index (χ0) is 21.8. The SMILES string of the molecule is CC(C)CC(=O)N1Cc2ccccc2CC1C(=O)NCc1cccnc1-n1cccn1. The van der Waals surface area contributed by atoms with Crippen molar-refractivity contribution in [2.75, 3.05) is 0 Å². The van der Waals surface area contributed by atoms with E-state index in [9.17, 15) is 9.59 Å². The van der Waals surface area contributed by atoms with Gasteiger partial charge in [-0.3, -0.25) is 9.59 Å². The number of hydrogen-bond donors (Lipinski definition) is 1. The predicted octanol–water partition coefficient (Wildman–Crippen LogP) is 2.88. The minimum Gasteiger partial charge on any atom is -0.350 e. The van der Waals surface area contributed by atoms with Crippen molar-refractivity contribution in [3.63, 3.8) is 0 Å². The maximum atomic E-state index is 13.2. The topological polar surface area (TPSA) is 80.1 Å². The van der Waals surface area contributed by atoms with Crippen LogP contribution in [0.25, 0.3) is 5.82 Å². The van der Waals surface area contributed by atoms with Gasteiger partial charge in [0.15, 0.2) is 5.82 Å². The third-order valence-electron chi connectivity index (χ3n) is 5.50. The lowest BCUT2D eigenvalue weighted by Gasteiger charge is -2.36. The Bertz CT molecular complexity index is 1060. The number of nitrogens with zero attached hydrogens (tertiary/aromatic N) is 4. The van der Waals surface area contributed by atoms with Crippen LogP contribution < -0.4 is 5.32 Å². The Labute approximate surface area is 182 Å². The molecule has 0 fully saturated rings. The van der Waals surface area contributed by atoms with E-state index in [1.807, 2.05) is 62.5 Å². The van der Waals surface area contributed by atoms with Crippen molar-refractivity contribution >= 4 is 11.8 Å². The molecule has 0 radical (unpaired) electrons. The summed E-state index contributed by atoms with van der Waals surface area (Å²) in [6.45, 7) is 4.81. The Balaban J connectivity index is 1.53. The summed E-state index contributed by atoms with van der Waals surface area (Å²) in [4.78, 5) is 32.3. The van der Waals surface area contributed by atoms with Crippen LogP contribution in [0.15, 0.2) is 61.1 Å². The van der Waals surface area contributed by atoms with E-state index in [0.29, 0.717) is 31.7 Å². The van der Waals surface area contributed by atoms with E-state index in [-0.39, 0.29) is 17.7 Å². The Morgan fingerprint density at radius 2 is 1.90 bits per heavy atom. The maximum absolute atomic E-state index is 13.2. The van der Waals surface area contributed by atoms with Gasteiger partial charge in [-0.15, -0.1) is 0 Å². The van der Waals surface area contributed by atoms with E-state index in [0.717, 1.165) is 16.7 Å². The van der Waals surface area contributed by atoms with Crippen LogP contribution in [-0.4, -0.2) is 37.5 Å². The molecular weight excluding hydrogens is 390 g/mol. The maximum Gasteiger partial charge on any atom is 0.243 e. The van der Waals surface area contributed by atoms with E-state index in [2.05, 4.69) is 15.4 Å². The van der Waals surface area contributed by atoms with Crippen molar-refractivity contribution < 1.29 is 9.59 Å². The summed E-state index contributed by atoms with van der Waals surface area (Å²) in [6, 6.07) is 13.1. The van der Waals surface area contributed by atoms with Crippen LogP contribution in [0.3, 0.4) is 0 Å². The molecule has 4 rings (SSSR count). The summed E-state index contributed by atoms with van der Waals surface area (Å²) in [5.74, 6) is 0.778. The summed E-state index contributed by atoms with van der Waals surface area (Å²) >= 11 is 0. The summed E-state index contributed by atoms with van der Waals surface area (Å²) in [5, 5.41) is 7.27. The fraction of sp³-hybridized carbons (Fsp3) is 0.333. The molecule has 0 saturated carbocycles. The molecule has 0 saturated heterocycles. The largest absolute Gasteiger partial charge is 0.350 e. The number of rotatable bonds is 6. The third kappa shape index (κ3) is 4.66. The first kappa shape index (κ1) is 20.8. The number of carbonyl (C=O) groups is 2. The Morgan fingerprint density at radius 3 is 2.65 bits per heavy atom. The van der Waals surface area contributed by atoms with Gasteiger partial charge in [-0.25, -0.2) is 9.67 Å². The van der Waals surface area contributed by atoms with Gasteiger partial charge < -0.3 is 10.2 Å². The third-order valence-corrected chi connectivity index (χ3v) is 5.50. The molecule has 0 bridgehead atoms. The van der Waals surface area contributed by atoms with Gasteiger partial charge in [0.05, 0.1) is 0 Å². The molecular formula is C24H27N5O2. The standard InChI is InChI=1S/C24H27N5O2/c1-17(2)13-22(30)28-16-20-8-4-3-7-18(20)14-21(28)24(31)26-15-19-9-5-10-25-23(19)29-12-6-11-27-29/h3-12,17,21H,13-16H2,1-2H3,(H,26,31). The van der Waals surface area contributed by atoms with E-state index >= 15 is 0 Å². The van der Waals surface area contributed by atoms with E-state index in [1.165, 1.54) is 0 Å². The van der Waals surface area contributed by atoms with Gasteiger partial charge >= 0.3 is 0 Å². The van der Waals surface area contributed by atoms with Crippen LogP contribution in [0, 0.1) is 5.92 Å². The Morgan fingerprint density at radius 1 is 1.10 bits per heavy atom. The second-order valence-electron chi connectivity index (χ2n) is 8.26. The lowest BCUT2D eigenvalue weighted by Crippen LogP contribution is -2.52. The molecule has 2 amide bonds. The summed E-state index contributed by atoms with van der Waals surface area (Å²) in [6.07, 6.45) is 6.16. The second-order valence-corrected chi connectivity index (χ2v) is 8.26. The number of amides is 2. The van der Waals surface area contributed by atoms with Crippen LogP contribution in [0.2, 0.25) is 0 Å². The first-order valence-electron chi connectivity index (χ1n) is 10.6. The molecule has 7 heteroatoms. The zero-order valence-electron chi connectivity index (χ0n) is 17.9. The van der Waals surface area contributed by atoms with Crippen molar-refractivity contribution in [1.82, 2.24) is 25.0 Å². The van der Waals surface area contributed by atoms with Gasteiger partial charge in [0, 0.05) is 50.1 Å². The highest BCUT2D eigenvalue weighted by molar-refractivity contribution is 5.88. The molecule has 1 unspecified atom stereocenters. The van der Waals surface area contributed by atoms with Crippen LogP contribution in [0.1, 0.15) is 37.0 Å². The highest BCUT2D eigenvalue weighted by Gasteiger charge is 2.34. The summed E-state index contributed by atoms with van der Waals surface area (Å²) < 4.78 is 1.68. The molecule has 2 aromatic heterocycles. The van der Waals surface area contributed by atoms with E-state index < -0.39 is 6.04 Å². The molecule has 0 spiro atoms. The zero-order valence-corrected chi connectivity index (χ0v) is 17.9. The number of pyridine rings is 1. The number of fused-ring (bicyclic) bond motifs is 1. The predicted molar refractivity (Wildman–Crippen MR) is 117 cm³/mol. The Kier molecular flexibility index (Phi) is 6.11. The minimum atomic E-state index is -0.522. The van der Waals surface area contributed by atoms with E-state index in [4.69, 9.17) is 0 Å². The molecule has 3 aromatic rings. The molecule has 1 aliphatic heterocycles. The number of aromatic nitrogens is 3. The summed E-state index contributed by atoms with van der Waals surface area (Å²) in [7, 11) is 0. The lowest BCUT2D eigenvalue weighted by atomic mass is 9.92. The highest BCUT2D eigenvalue weighted by Crippen LogP contribution is 2.25. The minimum absolute atomic E-state index is 0.0169. The molecule has 1 aliphatic rings. The lowest BCUT2D eigenvalue weighted by molar-refractivity contribution is -0.142. The van der Waals surface area contributed by atoms with Gasteiger partial charge in [0.25, 0.3) is 0 Å². The fourth-order valence-corrected chi connectivity index (χ4v) is 3.95. The van der Waals surface area contributed by atoms with Gasteiger partial charge in [0.2, 0.25) is 11.8 Å². The number of nitrogens with one attached hydrogen (secondary N) is 1. The molecule has 1 N–H and O–H groups in total. The smallest absolute Gasteiger partial charge is 0.243 e. The Hall–Kier alpha value is -3.48. The molecule has 0 aliphatic carbocycles. The summed E-state index contributed by atoms with van der Waals surface area (Å²) in [5.41, 5.74) is 3.09. The average Bonchev–Trinajstić information content (AvgIpc) is 3.31. The fourth-order valence-electron chi connectivity index (χ4n) is 3.95. The van der Waals surface area contributed by atoms with Crippen molar-refractivity contribution in [3.05, 3.63) is 77.7 Å². The van der Waals surface area contributed by atoms with Crippen molar-refractivity contribution in [2.24, 2.45) is 5.92 Å². The molecule has 7 nitrogen and oxygen atoms in total. The van der Waals surface area contributed by atoms with Gasteiger partial charge in [0.1, 0.15) is 6.04 Å². The van der Waals surface area contributed by atoms with Crippen LogP contribution >= 0.6 is 0 Å². The van der Waals surface area contributed by atoms with Gasteiger partial charge in [-0.1, -0.05) is 44.2 Å². The van der Waals surface area contributed by atoms with Gasteiger partial charge in [-0.05, 0) is 29.2 Å². The quantitative estimate of drug-likeness (QED) is 0.669. The molecule has 1 atom stereocenters. The monoisotopic (exact) mass is 417 g/mol. The van der Waals surface area contributed by atoms with Gasteiger partial charge in [-0.2, -0.15) is 5.10 Å². The highest BCUT2D eigenvalue weighted by atomic mass is 16.2. The molecule has 31 heavy (non-hydrogen) atoms. The van der Waals surface area contributed by atoms with Crippen LogP contribution in [-0.2, 0) is 29.1 Å². The molecule has 160 valence electrons. The van der Waals surface area contributed by atoms with Crippen molar-refractivity contribution in [3.8, 4) is 5.82 Å². The first-order valence-corrected chi connectivity index (χ1v) is 10.6. The number of carbonyl (C=O) groups excluding carboxylic acids is 2. The van der Waals surface area contributed by atoms with Crippen molar-refractivity contribution in [2.45, 2.75) is 45.8 Å². The van der Waals surface area contributed by atoms with Crippen LogP contribution in [0.5, 0.6) is 0 Å².